The molecule has 1 atom stereocenters. The van der Waals surface area contributed by atoms with E-state index >= 15 is 0 Å². The third kappa shape index (κ3) is 1.95. The Morgan fingerprint density at radius 3 is 2.60 bits per heavy atom. The number of alkyl halides is 2. The minimum atomic E-state index is -0.134. The zero-order valence-corrected chi connectivity index (χ0v) is 8.74. The maximum Gasteiger partial charge on any atom is 0.305 e. The van der Waals surface area contributed by atoms with Gasteiger partial charge in [-0.15, -0.1) is 0 Å². The summed E-state index contributed by atoms with van der Waals surface area (Å²) in [6.45, 7) is 0. The zero-order valence-electron chi connectivity index (χ0n) is 5.56. The lowest BCUT2D eigenvalue weighted by atomic mass is 10.3. The summed E-state index contributed by atoms with van der Waals surface area (Å²) in [7, 11) is 1.41. The first-order valence-electron chi connectivity index (χ1n) is 3.01. The van der Waals surface area contributed by atoms with E-state index in [9.17, 15) is 4.79 Å². The highest BCUT2D eigenvalue weighted by molar-refractivity contribution is 9.25. The molecule has 0 amide bonds. The third-order valence-corrected chi connectivity index (χ3v) is 3.54. The van der Waals surface area contributed by atoms with E-state index in [1.54, 1.807) is 0 Å². The summed E-state index contributed by atoms with van der Waals surface area (Å²) in [6, 6.07) is 0. The molecule has 58 valence electrons. The van der Waals surface area contributed by atoms with Crippen molar-refractivity contribution in [3.8, 4) is 0 Å². The molecule has 2 nitrogen and oxygen atoms in total. The van der Waals surface area contributed by atoms with Crippen LogP contribution in [0, 0.1) is 5.92 Å². The van der Waals surface area contributed by atoms with Crippen LogP contribution in [0.25, 0.3) is 0 Å². The van der Waals surface area contributed by atoms with Gasteiger partial charge in [-0.25, -0.2) is 0 Å². The highest BCUT2D eigenvalue weighted by Crippen LogP contribution is 2.57. The summed E-state index contributed by atoms with van der Waals surface area (Å²) in [5.41, 5.74) is 0. The molecule has 0 heterocycles. The molecule has 1 aliphatic rings. The van der Waals surface area contributed by atoms with E-state index in [4.69, 9.17) is 0 Å². The van der Waals surface area contributed by atoms with Gasteiger partial charge in [0.05, 0.1) is 16.8 Å². The van der Waals surface area contributed by atoms with Crippen LogP contribution in [0.1, 0.15) is 12.8 Å². The third-order valence-electron chi connectivity index (χ3n) is 1.60. The number of methoxy groups -OCH3 is 1. The minimum absolute atomic E-state index is 0.0220. The molecule has 0 radical (unpaired) electrons. The van der Waals surface area contributed by atoms with E-state index in [0.29, 0.717) is 12.3 Å². The van der Waals surface area contributed by atoms with Crippen LogP contribution in [-0.4, -0.2) is 16.3 Å². The second-order valence-corrected chi connectivity index (χ2v) is 6.34. The average molecular weight is 272 g/mol. The van der Waals surface area contributed by atoms with Gasteiger partial charge in [0.2, 0.25) is 0 Å². The molecule has 0 saturated heterocycles. The maximum atomic E-state index is 10.7. The van der Waals surface area contributed by atoms with Crippen molar-refractivity contribution in [2.24, 2.45) is 5.92 Å². The lowest BCUT2D eigenvalue weighted by Gasteiger charge is -1.97. The van der Waals surface area contributed by atoms with Crippen molar-refractivity contribution in [3.63, 3.8) is 0 Å². The Morgan fingerprint density at radius 2 is 2.30 bits per heavy atom. The van der Waals surface area contributed by atoms with Crippen LogP contribution < -0.4 is 0 Å². The van der Waals surface area contributed by atoms with Gasteiger partial charge in [0.25, 0.3) is 0 Å². The molecule has 4 heteroatoms. The SMILES string of the molecule is COC(=O)CC1CC1(Br)Br. The highest BCUT2D eigenvalue weighted by atomic mass is 79.9. The molecule has 0 spiro atoms. The quantitative estimate of drug-likeness (QED) is 0.568. The molecule has 10 heavy (non-hydrogen) atoms. The van der Waals surface area contributed by atoms with E-state index in [-0.39, 0.29) is 9.20 Å². The Morgan fingerprint density at radius 1 is 1.80 bits per heavy atom. The number of ether oxygens (including phenoxy) is 1. The Kier molecular flexibility index (Phi) is 2.40. The minimum Gasteiger partial charge on any atom is -0.469 e. The summed E-state index contributed by atoms with van der Waals surface area (Å²) in [4.78, 5) is 10.7. The van der Waals surface area contributed by atoms with Crippen molar-refractivity contribution in [2.45, 2.75) is 16.1 Å². The zero-order chi connectivity index (χ0) is 7.78. The molecule has 1 saturated carbocycles. The van der Waals surface area contributed by atoms with Gasteiger partial charge in [0, 0.05) is 0 Å². The predicted molar refractivity (Wildman–Crippen MR) is 45.3 cm³/mol. The molecule has 0 aliphatic heterocycles. The topological polar surface area (TPSA) is 26.3 Å². The fraction of sp³-hybridized carbons (Fsp3) is 0.833. The number of carbonyl (C=O) groups is 1. The van der Waals surface area contributed by atoms with Crippen LogP contribution in [0.4, 0.5) is 0 Å². The van der Waals surface area contributed by atoms with Gasteiger partial charge < -0.3 is 4.74 Å². The van der Waals surface area contributed by atoms with Gasteiger partial charge in [-0.05, 0) is 12.3 Å². The number of esters is 1. The normalized spacial score (nSPS) is 27.7. The predicted octanol–water partition coefficient (Wildman–Crippen LogP) is 2.06. The summed E-state index contributed by atoms with van der Waals surface area (Å²) in [5, 5.41) is 0. The van der Waals surface area contributed by atoms with Gasteiger partial charge >= 0.3 is 5.97 Å². The smallest absolute Gasteiger partial charge is 0.305 e. The van der Waals surface area contributed by atoms with Crippen molar-refractivity contribution in [2.75, 3.05) is 7.11 Å². The van der Waals surface area contributed by atoms with Gasteiger partial charge in [-0.3, -0.25) is 4.79 Å². The average Bonchev–Trinajstić information content (AvgIpc) is 2.40. The summed E-state index contributed by atoms with van der Waals surface area (Å²) in [6.07, 6.45) is 1.51. The number of carbonyl (C=O) groups excluding carboxylic acids is 1. The first-order valence-corrected chi connectivity index (χ1v) is 4.59. The number of rotatable bonds is 2. The summed E-state index contributed by atoms with van der Waals surface area (Å²) in [5.74, 6) is 0.269. The van der Waals surface area contributed by atoms with Crippen LogP contribution in [0.15, 0.2) is 0 Å². The lowest BCUT2D eigenvalue weighted by molar-refractivity contribution is -0.141. The lowest BCUT2D eigenvalue weighted by Crippen LogP contribution is -2.03. The van der Waals surface area contributed by atoms with Crippen LogP contribution in [0.5, 0.6) is 0 Å². The standard InChI is InChI=1S/C6H8Br2O2/c1-10-5(9)2-4-3-6(4,7)8/h4H,2-3H2,1H3. The van der Waals surface area contributed by atoms with Gasteiger partial charge in [-0.1, -0.05) is 31.9 Å². The monoisotopic (exact) mass is 270 g/mol. The fourth-order valence-corrected chi connectivity index (χ4v) is 1.88. The Balaban J connectivity index is 2.24. The van der Waals surface area contributed by atoms with Crippen LogP contribution >= 0.6 is 31.9 Å². The molecule has 0 bridgehead atoms. The molecule has 1 unspecified atom stereocenters. The molecule has 0 N–H and O–H groups in total. The first kappa shape index (κ1) is 8.53. The Labute approximate surface area is 76.6 Å². The maximum absolute atomic E-state index is 10.7. The van der Waals surface area contributed by atoms with Crippen molar-refractivity contribution in [3.05, 3.63) is 0 Å². The second-order valence-electron chi connectivity index (χ2n) is 2.44. The molecule has 1 fully saturated rings. The summed E-state index contributed by atoms with van der Waals surface area (Å²) < 4.78 is 4.54. The van der Waals surface area contributed by atoms with E-state index < -0.39 is 0 Å². The van der Waals surface area contributed by atoms with Gasteiger partial charge in [0.15, 0.2) is 0 Å². The van der Waals surface area contributed by atoms with Crippen LogP contribution in [-0.2, 0) is 9.53 Å². The summed E-state index contributed by atoms with van der Waals surface area (Å²) >= 11 is 6.84. The fourth-order valence-electron chi connectivity index (χ4n) is 0.776. The molecule has 0 aromatic carbocycles. The molecule has 1 rings (SSSR count). The second kappa shape index (κ2) is 2.81. The Bertz CT molecular complexity index is 156. The molecule has 1 aliphatic carbocycles. The van der Waals surface area contributed by atoms with Crippen molar-refractivity contribution < 1.29 is 9.53 Å². The highest BCUT2D eigenvalue weighted by Gasteiger charge is 2.51. The number of hydrogen-bond donors (Lipinski definition) is 0. The number of hydrogen-bond acceptors (Lipinski definition) is 2. The molecule has 0 aromatic heterocycles. The molecule has 0 aromatic rings. The van der Waals surface area contributed by atoms with Gasteiger partial charge in [0.1, 0.15) is 0 Å². The molecular formula is C6H8Br2O2. The van der Waals surface area contributed by atoms with Crippen LogP contribution in [0.3, 0.4) is 0 Å². The van der Waals surface area contributed by atoms with E-state index in [1.165, 1.54) is 7.11 Å². The van der Waals surface area contributed by atoms with E-state index in [1.807, 2.05) is 0 Å². The largest absolute Gasteiger partial charge is 0.469 e. The Hall–Kier alpha value is 0.430. The van der Waals surface area contributed by atoms with Gasteiger partial charge in [-0.2, -0.15) is 0 Å². The van der Waals surface area contributed by atoms with Crippen LogP contribution in [0.2, 0.25) is 0 Å². The van der Waals surface area contributed by atoms with Crippen molar-refractivity contribution in [1.82, 2.24) is 0 Å². The first-order chi connectivity index (χ1) is 4.56. The molecular weight excluding hydrogens is 264 g/mol. The van der Waals surface area contributed by atoms with Crippen molar-refractivity contribution in [1.29, 1.82) is 0 Å². The van der Waals surface area contributed by atoms with Crippen molar-refractivity contribution >= 4 is 37.8 Å². The number of halogens is 2. The van der Waals surface area contributed by atoms with E-state index in [2.05, 4.69) is 36.6 Å². The van der Waals surface area contributed by atoms with E-state index in [0.717, 1.165) is 6.42 Å².